The van der Waals surface area contributed by atoms with Crippen LogP contribution in [0.4, 0.5) is 0 Å². The lowest BCUT2D eigenvalue weighted by Crippen LogP contribution is -2.31. The van der Waals surface area contributed by atoms with Crippen LogP contribution in [0.5, 0.6) is 0 Å². The first-order valence-corrected chi connectivity index (χ1v) is 7.11. The summed E-state index contributed by atoms with van der Waals surface area (Å²) in [6.45, 7) is 5.35. The highest BCUT2D eigenvalue weighted by atomic mass is 79.9. The van der Waals surface area contributed by atoms with Crippen molar-refractivity contribution in [1.82, 2.24) is 9.47 Å². The summed E-state index contributed by atoms with van der Waals surface area (Å²) in [4.78, 5) is 25.2. The molecule has 1 fully saturated rings. The van der Waals surface area contributed by atoms with E-state index in [0.717, 1.165) is 4.47 Å². The van der Waals surface area contributed by atoms with E-state index in [1.807, 2.05) is 24.6 Å². The number of carbonyl (C=O) groups is 2. The van der Waals surface area contributed by atoms with Gasteiger partial charge in [0.25, 0.3) is 5.91 Å². The molecule has 0 radical (unpaired) electrons. The lowest BCUT2D eigenvalue weighted by atomic mass is 9.99. The minimum absolute atomic E-state index is 0.00469. The molecule has 1 amide bonds. The number of rotatable bonds is 3. The van der Waals surface area contributed by atoms with Crippen LogP contribution in [0, 0.1) is 11.8 Å². The fraction of sp³-hybridized carbons (Fsp3) is 0.538. The Morgan fingerprint density at radius 2 is 2.16 bits per heavy atom. The van der Waals surface area contributed by atoms with Crippen LogP contribution in [-0.4, -0.2) is 39.5 Å². The van der Waals surface area contributed by atoms with E-state index in [4.69, 9.17) is 5.11 Å². The molecule has 5 nitrogen and oxygen atoms in total. The molecule has 19 heavy (non-hydrogen) atoms. The van der Waals surface area contributed by atoms with E-state index < -0.39 is 11.9 Å². The average Bonchev–Trinajstić information content (AvgIpc) is 2.91. The number of carbonyl (C=O) groups excluding carboxylic acids is 1. The van der Waals surface area contributed by atoms with Gasteiger partial charge in [0.05, 0.1) is 5.92 Å². The van der Waals surface area contributed by atoms with Gasteiger partial charge in [-0.1, -0.05) is 6.92 Å². The van der Waals surface area contributed by atoms with Gasteiger partial charge >= 0.3 is 5.97 Å². The molecule has 2 atom stereocenters. The van der Waals surface area contributed by atoms with Gasteiger partial charge in [0.15, 0.2) is 0 Å². The first-order valence-electron chi connectivity index (χ1n) is 6.31. The quantitative estimate of drug-likeness (QED) is 0.923. The fourth-order valence-corrected chi connectivity index (χ4v) is 3.00. The highest BCUT2D eigenvalue weighted by molar-refractivity contribution is 9.10. The van der Waals surface area contributed by atoms with Crippen LogP contribution in [-0.2, 0) is 11.3 Å². The highest BCUT2D eigenvalue weighted by Gasteiger charge is 2.37. The van der Waals surface area contributed by atoms with Crippen molar-refractivity contribution in [3.05, 3.63) is 22.4 Å². The third-order valence-electron chi connectivity index (χ3n) is 3.64. The number of amides is 1. The Morgan fingerprint density at radius 1 is 1.47 bits per heavy atom. The molecule has 2 heterocycles. The summed E-state index contributed by atoms with van der Waals surface area (Å²) >= 11 is 3.36. The second-order valence-electron chi connectivity index (χ2n) is 4.96. The van der Waals surface area contributed by atoms with Crippen LogP contribution in [0.1, 0.15) is 24.3 Å². The van der Waals surface area contributed by atoms with Gasteiger partial charge in [-0.15, -0.1) is 0 Å². The lowest BCUT2D eigenvalue weighted by Gasteiger charge is -2.16. The Balaban J connectivity index is 2.19. The Kier molecular flexibility index (Phi) is 3.99. The molecule has 1 saturated heterocycles. The fourth-order valence-electron chi connectivity index (χ4n) is 2.53. The van der Waals surface area contributed by atoms with E-state index in [1.165, 1.54) is 0 Å². The Hall–Kier alpha value is -1.30. The molecule has 0 bridgehead atoms. The molecule has 1 N–H and O–H groups in total. The summed E-state index contributed by atoms with van der Waals surface area (Å²) in [7, 11) is 0. The van der Waals surface area contributed by atoms with Crippen molar-refractivity contribution < 1.29 is 14.7 Å². The van der Waals surface area contributed by atoms with Gasteiger partial charge in [0.1, 0.15) is 5.69 Å². The SMILES string of the molecule is CCn1cc(Br)cc1C(=O)N1CC(C)C(C(=O)O)C1. The van der Waals surface area contributed by atoms with Crippen LogP contribution < -0.4 is 0 Å². The van der Waals surface area contributed by atoms with Crippen LogP contribution in [0.15, 0.2) is 16.7 Å². The van der Waals surface area contributed by atoms with E-state index in [9.17, 15) is 9.59 Å². The van der Waals surface area contributed by atoms with Crippen LogP contribution in [0.2, 0.25) is 0 Å². The van der Waals surface area contributed by atoms with E-state index in [1.54, 1.807) is 11.0 Å². The van der Waals surface area contributed by atoms with Gasteiger partial charge in [-0.25, -0.2) is 0 Å². The normalized spacial score (nSPS) is 22.8. The van der Waals surface area contributed by atoms with Gasteiger partial charge in [-0.05, 0) is 34.8 Å². The second kappa shape index (κ2) is 5.36. The third kappa shape index (κ3) is 2.68. The largest absolute Gasteiger partial charge is 0.481 e. The molecule has 1 aromatic heterocycles. The third-order valence-corrected chi connectivity index (χ3v) is 4.07. The van der Waals surface area contributed by atoms with Crippen molar-refractivity contribution in [1.29, 1.82) is 0 Å². The number of carboxylic acid groups (broad SMARTS) is 1. The molecule has 0 aliphatic carbocycles. The number of nitrogens with zero attached hydrogens (tertiary/aromatic N) is 2. The van der Waals surface area contributed by atoms with E-state index >= 15 is 0 Å². The Labute approximate surface area is 120 Å². The van der Waals surface area contributed by atoms with Gasteiger partial charge in [-0.3, -0.25) is 9.59 Å². The van der Waals surface area contributed by atoms with Crippen molar-refractivity contribution >= 4 is 27.8 Å². The number of hydrogen-bond donors (Lipinski definition) is 1. The Morgan fingerprint density at radius 3 is 2.68 bits per heavy atom. The van der Waals surface area contributed by atoms with Crippen molar-refractivity contribution in [3.63, 3.8) is 0 Å². The standard InChI is InChI=1S/C13H17BrN2O3/c1-3-15-6-9(14)4-11(15)12(17)16-5-8(2)10(7-16)13(18)19/h4,6,8,10H,3,5,7H2,1-2H3,(H,18,19). The predicted molar refractivity (Wildman–Crippen MR) is 74.0 cm³/mol. The summed E-state index contributed by atoms with van der Waals surface area (Å²) < 4.78 is 2.73. The molecule has 2 rings (SSSR count). The zero-order chi connectivity index (χ0) is 14.2. The number of likely N-dealkylation sites (tertiary alicyclic amines) is 1. The molecular formula is C13H17BrN2O3. The molecule has 1 aliphatic rings. The van der Waals surface area contributed by atoms with Gasteiger partial charge in [0.2, 0.25) is 0 Å². The zero-order valence-electron chi connectivity index (χ0n) is 11.0. The summed E-state index contributed by atoms with van der Waals surface area (Å²) in [5, 5.41) is 9.11. The minimum Gasteiger partial charge on any atom is -0.481 e. The number of hydrogen-bond acceptors (Lipinski definition) is 2. The molecule has 0 spiro atoms. The zero-order valence-corrected chi connectivity index (χ0v) is 12.6. The average molecular weight is 329 g/mol. The summed E-state index contributed by atoms with van der Waals surface area (Å²) in [6, 6.07) is 1.78. The maximum absolute atomic E-state index is 12.4. The summed E-state index contributed by atoms with van der Waals surface area (Å²) in [5.74, 6) is -1.38. The number of aliphatic carboxylic acids is 1. The molecule has 104 valence electrons. The van der Waals surface area contributed by atoms with Crippen LogP contribution >= 0.6 is 15.9 Å². The van der Waals surface area contributed by atoms with Crippen molar-refractivity contribution in [3.8, 4) is 0 Å². The maximum atomic E-state index is 12.4. The first kappa shape index (κ1) is 14.1. The van der Waals surface area contributed by atoms with Crippen molar-refractivity contribution in [2.24, 2.45) is 11.8 Å². The number of aryl methyl sites for hydroxylation is 1. The summed E-state index contributed by atoms with van der Waals surface area (Å²) in [5.41, 5.74) is 0.604. The second-order valence-corrected chi connectivity index (χ2v) is 5.88. The number of aromatic nitrogens is 1. The lowest BCUT2D eigenvalue weighted by molar-refractivity contribution is -0.142. The van der Waals surface area contributed by atoms with Gasteiger partial charge in [-0.2, -0.15) is 0 Å². The molecule has 1 aliphatic heterocycles. The molecule has 1 aromatic rings. The minimum atomic E-state index is -0.824. The molecular weight excluding hydrogens is 312 g/mol. The smallest absolute Gasteiger partial charge is 0.308 e. The molecule has 6 heteroatoms. The maximum Gasteiger partial charge on any atom is 0.308 e. The van der Waals surface area contributed by atoms with E-state index in [0.29, 0.717) is 25.3 Å². The van der Waals surface area contributed by atoms with Gasteiger partial charge in [0, 0.05) is 30.3 Å². The first-order chi connectivity index (χ1) is 8.93. The summed E-state index contributed by atoms with van der Waals surface area (Å²) in [6.07, 6.45) is 1.86. The van der Waals surface area contributed by atoms with Gasteiger partial charge < -0.3 is 14.6 Å². The van der Waals surface area contributed by atoms with E-state index in [-0.39, 0.29) is 11.8 Å². The van der Waals surface area contributed by atoms with Crippen LogP contribution in [0.3, 0.4) is 0 Å². The topological polar surface area (TPSA) is 62.5 Å². The van der Waals surface area contributed by atoms with Crippen molar-refractivity contribution in [2.45, 2.75) is 20.4 Å². The molecule has 2 unspecified atom stereocenters. The molecule has 0 aromatic carbocycles. The Bertz CT molecular complexity index is 512. The highest BCUT2D eigenvalue weighted by Crippen LogP contribution is 2.26. The number of carboxylic acids is 1. The predicted octanol–water partition coefficient (Wildman–Crippen LogP) is 2.06. The van der Waals surface area contributed by atoms with E-state index in [2.05, 4.69) is 15.9 Å². The number of halogens is 1. The van der Waals surface area contributed by atoms with Crippen molar-refractivity contribution in [2.75, 3.05) is 13.1 Å². The van der Waals surface area contributed by atoms with Crippen LogP contribution in [0.25, 0.3) is 0 Å². The monoisotopic (exact) mass is 328 g/mol. The molecule has 0 saturated carbocycles.